The molecule has 18 heavy (non-hydrogen) atoms. The van der Waals surface area contributed by atoms with Gasteiger partial charge in [0.05, 0.1) is 0 Å². The molecule has 1 atom stereocenters. The summed E-state index contributed by atoms with van der Waals surface area (Å²) in [5, 5.41) is 8.95. The number of likely N-dealkylation sites (N-methyl/N-ethyl adjacent to an activating group) is 1. The lowest BCUT2D eigenvalue weighted by molar-refractivity contribution is -0.188. The second-order valence-electron chi connectivity index (χ2n) is 3.57. The zero-order valence-corrected chi connectivity index (χ0v) is 9.31. The third kappa shape index (κ3) is 2.99. The van der Waals surface area contributed by atoms with Crippen molar-refractivity contribution in [2.45, 2.75) is 12.2 Å². The van der Waals surface area contributed by atoms with Crippen LogP contribution >= 0.6 is 0 Å². The van der Waals surface area contributed by atoms with Crippen molar-refractivity contribution in [1.82, 2.24) is 4.90 Å². The highest BCUT2D eigenvalue weighted by molar-refractivity contribution is 5.87. The highest BCUT2D eigenvalue weighted by atomic mass is 19.4. The molecule has 98 valence electrons. The maximum absolute atomic E-state index is 12.3. The molecule has 7 heteroatoms. The predicted octanol–water partition coefficient (Wildman–Crippen LogP) is 1.83. The van der Waals surface area contributed by atoms with Gasteiger partial charge in [-0.25, -0.2) is 4.79 Å². The van der Waals surface area contributed by atoms with Crippen molar-refractivity contribution in [2.24, 2.45) is 0 Å². The number of benzene rings is 1. The third-order valence-electron chi connectivity index (χ3n) is 2.30. The first kappa shape index (κ1) is 14.0. The van der Waals surface area contributed by atoms with Gasteiger partial charge in [0.1, 0.15) is 0 Å². The molecule has 4 nitrogen and oxygen atoms in total. The maximum Gasteiger partial charge on any atom is 0.471 e. The maximum atomic E-state index is 12.3. The highest BCUT2D eigenvalue weighted by Crippen LogP contribution is 2.25. The molecular formula is C11H10F3NO3. The number of nitrogens with zero attached hydrogens (tertiary/aromatic N) is 1. The molecule has 0 fully saturated rings. The van der Waals surface area contributed by atoms with Gasteiger partial charge in [-0.3, -0.25) is 4.79 Å². The first-order chi connectivity index (χ1) is 8.25. The molecule has 0 aromatic heterocycles. The summed E-state index contributed by atoms with van der Waals surface area (Å²) in [6.07, 6.45) is -5.10. The topological polar surface area (TPSA) is 57.6 Å². The van der Waals surface area contributed by atoms with Crippen LogP contribution in [0.5, 0.6) is 0 Å². The van der Waals surface area contributed by atoms with E-state index in [1.807, 2.05) is 0 Å². The minimum absolute atomic E-state index is 0.102. The van der Waals surface area contributed by atoms with Crippen molar-refractivity contribution >= 4 is 11.9 Å². The minimum atomic E-state index is -5.10. The summed E-state index contributed by atoms with van der Waals surface area (Å²) in [6, 6.07) is 5.58. The van der Waals surface area contributed by atoms with Crippen molar-refractivity contribution in [1.29, 1.82) is 0 Å². The summed E-state index contributed by atoms with van der Waals surface area (Å²) >= 11 is 0. The van der Waals surface area contributed by atoms with E-state index >= 15 is 0 Å². The van der Waals surface area contributed by atoms with Gasteiger partial charge in [-0.15, -0.1) is 0 Å². The molecular weight excluding hydrogens is 251 g/mol. The van der Waals surface area contributed by atoms with Gasteiger partial charge in [0, 0.05) is 7.05 Å². The number of amides is 1. The molecule has 1 amide bonds. The van der Waals surface area contributed by atoms with Gasteiger partial charge in [-0.1, -0.05) is 30.3 Å². The minimum Gasteiger partial charge on any atom is -0.479 e. The van der Waals surface area contributed by atoms with Gasteiger partial charge >= 0.3 is 18.1 Å². The first-order valence-corrected chi connectivity index (χ1v) is 4.87. The van der Waals surface area contributed by atoms with E-state index in [2.05, 4.69) is 0 Å². The van der Waals surface area contributed by atoms with E-state index in [4.69, 9.17) is 5.11 Å². The standard InChI is InChI=1S/C11H10F3NO3/c1-15(10(18)11(12,13)14)8(9(16)17)7-5-3-2-4-6-7/h2-6,8H,1H3,(H,16,17). The fraction of sp³-hybridized carbons (Fsp3) is 0.273. The number of carbonyl (C=O) groups excluding carboxylic acids is 1. The quantitative estimate of drug-likeness (QED) is 0.903. The Kier molecular flexibility index (Phi) is 3.95. The van der Waals surface area contributed by atoms with Crippen LogP contribution in [0.25, 0.3) is 0 Å². The second-order valence-corrected chi connectivity index (χ2v) is 3.57. The van der Waals surface area contributed by atoms with Gasteiger partial charge < -0.3 is 10.0 Å². The summed E-state index contributed by atoms with van der Waals surface area (Å²) in [6.45, 7) is 0. The SMILES string of the molecule is CN(C(=O)C(F)(F)F)C(C(=O)O)c1ccccc1. The molecule has 1 rings (SSSR count). The van der Waals surface area contributed by atoms with Gasteiger partial charge in [-0.2, -0.15) is 13.2 Å². The molecule has 0 spiro atoms. The van der Waals surface area contributed by atoms with E-state index in [9.17, 15) is 22.8 Å². The first-order valence-electron chi connectivity index (χ1n) is 4.87. The van der Waals surface area contributed by atoms with Crippen LogP contribution < -0.4 is 0 Å². The van der Waals surface area contributed by atoms with Crippen LogP contribution in [0.2, 0.25) is 0 Å². The Morgan fingerprint density at radius 3 is 2.11 bits per heavy atom. The summed E-state index contributed by atoms with van der Waals surface area (Å²) in [5.74, 6) is -3.72. The van der Waals surface area contributed by atoms with Gasteiger partial charge in [0.25, 0.3) is 0 Å². The number of carboxylic acid groups (broad SMARTS) is 1. The fourth-order valence-corrected chi connectivity index (χ4v) is 1.48. The number of rotatable bonds is 3. The van der Waals surface area contributed by atoms with Crippen LogP contribution in [0, 0.1) is 0 Å². The normalized spacial score (nSPS) is 12.9. The van der Waals surface area contributed by atoms with Crippen molar-refractivity contribution < 1.29 is 27.9 Å². The van der Waals surface area contributed by atoms with E-state index in [-0.39, 0.29) is 10.5 Å². The molecule has 1 aromatic carbocycles. The Labute approximate surface area is 101 Å². The van der Waals surface area contributed by atoms with E-state index in [0.717, 1.165) is 7.05 Å². The molecule has 1 N–H and O–H groups in total. The zero-order valence-electron chi connectivity index (χ0n) is 9.31. The van der Waals surface area contributed by atoms with Gasteiger partial charge in [0.15, 0.2) is 6.04 Å². The molecule has 0 aliphatic carbocycles. The van der Waals surface area contributed by atoms with Crippen LogP contribution in [0.1, 0.15) is 11.6 Å². The number of halogens is 3. The third-order valence-corrected chi connectivity index (χ3v) is 2.30. The van der Waals surface area contributed by atoms with Crippen LogP contribution in [-0.2, 0) is 9.59 Å². The molecule has 0 saturated heterocycles. The number of aliphatic carboxylic acids is 1. The molecule has 1 aromatic rings. The summed E-state index contributed by atoms with van der Waals surface area (Å²) < 4.78 is 36.8. The lowest BCUT2D eigenvalue weighted by Crippen LogP contribution is -2.43. The van der Waals surface area contributed by atoms with Crippen molar-refractivity contribution in [3.05, 3.63) is 35.9 Å². The van der Waals surface area contributed by atoms with E-state index < -0.39 is 24.1 Å². The second kappa shape index (κ2) is 5.07. The van der Waals surface area contributed by atoms with Gasteiger partial charge in [-0.05, 0) is 5.56 Å². The Hall–Kier alpha value is -2.05. The number of hydrogen-bond donors (Lipinski definition) is 1. The zero-order chi connectivity index (χ0) is 13.9. The van der Waals surface area contributed by atoms with Crippen LogP contribution in [-0.4, -0.2) is 35.1 Å². The molecule has 0 saturated carbocycles. The molecule has 1 unspecified atom stereocenters. The van der Waals surface area contributed by atoms with Crippen molar-refractivity contribution in [2.75, 3.05) is 7.05 Å². The number of carboxylic acids is 1. The Morgan fingerprint density at radius 2 is 1.72 bits per heavy atom. The van der Waals surface area contributed by atoms with E-state index in [1.54, 1.807) is 6.07 Å². The van der Waals surface area contributed by atoms with Crippen molar-refractivity contribution in [3.63, 3.8) is 0 Å². The Bertz CT molecular complexity index is 445. The Morgan fingerprint density at radius 1 is 1.22 bits per heavy atom. The fourth-order valence-electron chi connectivity index (χ4n) is 1.48. The molecule has 0 heterocycles. The van der Waals surface area contributed by atoms with Crippen LogP contribution in [0.3, 0.4) is 0 Å². The smallest absolute Gasteiger partial charge is 0.471 e. The van der Waals surface area contributed by atoms with E-state index in [1.165, 1.54) is 24.3 Å². The number of carbonyl (C=O) groups is 2. The molecule has 0 radical (unpaired) electrons. The average Bonchev–Trinajstić information content (AvgIpc) is 2.27. The van der Waals surface area contributed by atoms with Crippen molar-refractivity contribution in [3.8, 4) is 0 Å². The molecule has 0 aliphatic heterocycles. The summed E-state index contributed by atoms with van der Waals surface area (Å²) in [4.78, 5) is 22.2. The lowest BCUT2D eigenvalue weighted by atomic mass is 10.1. The highest BCUT2D eigenvalue weighted by Gasteiger charge is 2.45. The van der Waals surface area contributed by atoms with Crippen LogP contribution in [0.15, 0.2) is 30.3 Å². The van der Waals surface area contributed by atoms with E-state index in [0.29, 0.717) is 0 Å². The lowest BCUT2D eigenvalue weighted by Gasteiger charge is -2.25. The van der Waals surface area contributed by atoms with Gasteiger partial charge in [0.2, 0.25) is 0 Å². The number of alkyl halides is 3. The Balaban J connectivity index is 3.08. The number of hydrogen-bond acceptors (Lipinski definition) is 2. The molecule has 0 bridgehead atoms. The summed E-state index contributed by atoms with van der Waals surface area (Å²) in [5.41, 5.74) is 0.102. The summed E-state index contributed by atoms with van der Waals surface area (Å²) in [7, 11) is 0.807. The monoisotopic (exact) mass is 261 g/mol. The van der Waals surface area contributed by atoms with Crippen LogP contribution in [0.4, 0.5) is 13.2 Å². The largest absolute Gasteiger partial charge is 0.479 e. The average molecular weight is 261 g/mol. The predicted molar refractivity (Wildman–Crippen MR) is 55.6 cm³/mol. The molecule has 0 aliphatic rings.